The Hall–Kier alpha value is -2.47. The number of hydrogen-bond acceptors (Lipinski definition) is 4. The molecule has 1 aliphatic carbocycles. The highest BCUT2D eigenvalue weighted by atomic mass is 19.1. The molecule has 0 spiro atoms. The van der Waals surface area contributed by atoms with Gasteiger partial charge in [0.25, 0.3) is 0 Å². The van der Waals surface area contributed by atoms with Crippen molar-refractivity contribution in [3.63, 3.8) is 0 Å². The van der Waals surface area contributed by atoms with Crippen molar-refractivity contribution in [1.82, 2.24) is 4.57 Å². The van der Waals surface area contributed by atoms with E-state index in [1.165, 1.54) is 12.1 Å². The summed E-state index contributed by atoms with van der Waals surface area (Å²) in [5, 5.41) is 10.2. The maximum Gasteiger partial charge on any atom is 0.338 e. The summed E-state index contributed by atoms with van der Waals surface area (Å²) in [5.41, 5.74) is 1.62. The Balaban J connectivity index is 1.68. The molecule has 1 fully saturated rings. The minimum absolute atomic E-state index is 0.290. The fourth-order valence-electron chi connectivity index (χ4n) is 3.61. The summed E-state index contributed by atoms with van der Waals surface area (Å²) in [7, 11) is 0. The third-order valence-corrected chi connectivity index (χ3v) is 5.27. The predicted molar refractivity (Wildman–Crippen MR) is 98.1 cm³/mol. The molecule has 1 aromatic heterocycles. The van der Waals surface area contributed by atoms with Crippen molar-refractivity contribution in [2.45, 2.75) is 51.7 Å². The highest BCUT2D eigenvalue weighted by Crippen LogP contribution is 2.30. The van der Waals surface area contributed by atoms with Crippen LogP contribution in [0.25, 0.3) is 0 Å². The van der Waals surface area contributed by atoms with Crippen LogP contribution in [0.1, 0.15) is 53.0 Å². The lowest BCUT2D eigenvalue weighted by molar-refractivity contribution is -0.163. The first kappa shape index (κ1) is 19.3. The van der Waals surface area contributed by atoms with Gasteiger partial charge in [-0.2, -0.15) is 0 Å². The fourth-order valence-corrected chi connectivity index (χ4v) is 3.61. The van der Waals surface area contributed by atoms with Crippen LogP contribution in [-0.2, 0) is 16.1 Å². The highest BCUT2D eigenvalue weighted by Gasteiger charge is 2.40. The average Bonchev–Trinajstić information content (AvgIpc) is 3.21. The molecular formula is C21H24FNO4. The maximum atomic E-state index is 13.1. The normalized spacial score (nSPS) is 15.7. The van der Waals surface area contributed by atoms with Gasteiger partial charge in [-0.1, -0.05) is 12.1 Å². The first-order valence-corrected chi connectivity index (χ1v) is 9.14. The van der Waals surface area contributed by atoms with Crippen LogP contribution in [0.3, 0.4) is 0 Å². The minimum atomic E-state index is -1.44. The van der Waals surface area contributed by atoms with Crippen molar-refractivity contribution in [1.29, 1.82) is 0 Å². The zero-order chi connectivity index (χ0) is 19.6. The number of benzene rings is 1. The molecule has 3 rings (SSSR count). The third kappa shape index (κ3) is 4.11. The van der Waals surface area contributed by atoms with E-state index in [2.05, 4.69) is 0 Å². The lowest BCUT2D eigenvalue weighted by Gasteiger charge is -2.19. The molecule has 2 aromatic rings. The molecular weight excluding hydrogens is 349 g/mol. The third-order valence-electron chi connectivity index (χ3n) is 5.27. The van der Waals surface area contributed by atoms with Crippen molar-refractivity contribution >= 4 is 11.8 Å². The van der Waals surface area contributed by atoms with Crippen LogP contribution in [0.2, 0.25) is 0 Å². The van der Waals surface area contributed by atoms with Crippen LogP contribution >= 0.6 is 0 Å². The lowest BCUT2D eigenvalue weighted by Crippen LogP contribution is -2.38. The van der Waals surface area contributed by atoms with Gasteiger partial charge in [0.05, 0.1) is 0 Å². The van der Waals surface area contributed by atoms with Crippen molar-refractivity contribution < 1.29 is 23.8 Å². The first-order chi connectivity index (χ1) is 12.8. The molecule has 5 nitrogen and oxygen atoms in total. The number of ketones is 1. The number of carbonyl (C=O) groups excluding carboxylic acids is 2. The Morgan fingerprint density at radius 2 is 1.81 bits per heavy atom. The smallest absolute Gasteiger partial charge is 0.338 e. The molecule has 1 aliphatic rings. The van der Waals surface area contributed by atoms with Crippen LogP contribution in [0.15, 0.2) is 30.3 Å². The van der Waals surface area contributed by atoms with Gasteiger partial charge in [0.1, 0.15) is 5.82 Å². The monoisotopic (exact) mass is 373 g/mol. The van der Waals surface area contributed by atoms with Gasteiger partial charge >= 0.3 is 5.97 Å². The Morgan fingerprint density at radius 3 is 2.44 bits per heavy atom. The van der Waals surface area contributed by atoms with Crippen LogP contribution < -0.4 is 0 Å². The van der Waals surface area contributed by atoms with Crippen molar-refractivity contribution in [3.05, 3.63) is 58.7 Å². The summed E-state index contributed by atoms with van der Waals surface area (Å²) in [4.78, 5) is 24.6. The van der Waals surface area contributed by atoms with Crippen molar-refractivity contribution in [2.75, 3.05) is 6.61 Å². The highest BCUT2D eigenvalue weighted by molar-refractivity contribution is 5.99. The molecule has 1 N–H and O–H groups in total. The molecule has 6 heteroatoms. The second-order valence-corrected chi connectivity index (χ2v) is 7.24. The average molecular weight is 373 g/mol. The number of nitrogens with zero attached hydrogens (tertiary/aromatic N) is 1. The summed E-state index contributed by atoms with van der Waals surface area (Å²) in [6.07, 6.45) is 2.33. The van der Waals surface area contributed by atoms with E-state index in [1.54, 1.807) is 18.2 Å². The summed E-state index contributed by atoms with van der Waals surface area (Å²) in [6, 6.07) is 7.99. The van der Waals surface area contributed by atoms with E-state index < -0.39 is 11.6 Å². The summed E-state index contributed by atoms with van der Waals surface area (Å²) in [6.45, 7) is 3.85. The van der Waals surface area contributed by atoms with Crippen molar-refractivity contribution in [3.8, 4) is 0 Å². The molecule has 0 atom stereocenters. The largest absolute Gasteiger partial charge is 0.455 e. The zero-order valence-electron chi connectivity index (χ0n) is 15.6. The molecule has 1 aromatic carbocycles. The number of aromatic nitrogens is 1. The van der Waals surface area contributed by atoms with Gasteiger partial charge in [0, 0.05) is 23.5 Å². The van der Waals surface area contributed by atoms with Crippen LogP contribution in [-0.4, -0.2) is 33.6 Å². The summed E-state index contributed by atoms with van der Waals surface area (Å²) >= 11 is 0. The van der Waals surface area contributed by atoms with E-state index >= 15 is 0 Å². The molecule has 0 saturated heterocycles. The quantitative estimate of drug-likeness (QED) is 0.623. The van der Waals surface area contributed by atoms with Crippen molar-refractivity contribution in [2.24, 2.45) is 0 Å². The Morgan fingerprint density at radius 1 is 1.19 bits per heavy atom. The molecule has 1 saturated carbocycles. The molecule has 144 valence electrons. The summed E-state index contributed by atoms with van der Waals surface area (Å²) in [5.74, 6) is -1.31. The Labute approximate surface area is 157 Å². The summed E-state index contributed by atoms with van der Waals surface area (Å²) < 4.78 is 20.1. The second kappa shape index (κ2) is 7.64. The number of aryl methyl sites for hydroxylation is 1. The Kier molecular flexibility index (Phi) is 5.46. The first-order valence-electron chi connectivity index (χ1n) is 9.14. The number of rotatable bonds is 6. The van der Waals surface area contributed by atoms with E-state index in [-0.39, 0.29) is 18.2 Å². The van der Waals surface area contributed by atoms with E-state index in [1.807, 2.05) is 18.4 Å². The molecule has 0 amide bonds. The standard InChI is InChI=1S/C21H24FNO4/c1-14-11-18(15(2)23(14)12-16-5-7-17(22)8-6-16)19(24)13-27-20(25)21(26)9-3-4-10-21/h5-8,11,26H,3-4,9-10,12-13H2,1-2H3. The lowest BCUT2D eigenvalue weighted by atomic mass is 10.0. The Bertz CT molecular complexity index is 848. The van der Waals surface area contributed by atoms with Gasteiger partial charge < -0.3 is 14.4 Å². The number of hydrogen-bond donors (Lipinski definition) is 1. The SMILES string of the molecule is Cc1cc(C(=O)COC(=O)C2(O)CCCC2)c(C)n1Cc1ccc(F)cc1. The minimum Gasteiger partial charge on any atom is -0.455 e. The topological polar surface area (TPSA) is 68.5 Å². The van der Waals surface area contributed by atoms with E-state index in [4.69, 9.17) is 4.74 Å². The molecule has 0 aliphatic heterocycles. The van der Waals surface area contributed by atoms with Gasteiger partial charge in [0.15, 0.2) is 12.2 Å². The molecule has 0 unspecified atom stereocenters. The van der Waals surface area contributed by atoms with Crippen LogP contribution in [0, 0.1) is 19.7 Å². The number of esters is 1. The number of ether oxygens (including phenoxy) is 1. The van der Waals surface area contributed by atoms with E-state index in [9.17, 15) is 19.1 Å². The second-order valence-electron chi connectivity index (χ2n) is 7.24. The van der Waals surface area contributed by atoms with Gasteiger partial charge in [-0.15, -0.1) is 0 Å². The molecule has 0 radical (unpaired) electrons. The zero-order valence-corrected chi connectivity index (χ0v) is 15.6. The molecule has 0 bridgehead atoms. The van der Waals surface area contributed by atoms with Gasteiger partial charge in [-0.3, -0.25) is 4.79 Å². The van der Waals surface area contributed by atoms with E-state index in [0.717, 1.165) is 29.8 Å². The van der Waals surface area contributed by atoms with Gasteiger partial charge in [-0.05, 0) is 63.3 Å². The number of aliphatic hydroxyl groups is 1. The number of Topliss-reactive ketones (excluding diaryl/α,β-unsaturated/α-hetero) is 1. The van der Waals surface area contributed by atoms with E-state index in [0.29, 0.717) is 24.9 Å². The maximum absolute atomic E-state index is 13.1. The molecule has 1 heterocycles. The molecule has 27 heavy (non-hydrogen) atoms. The predicted octanol–water partition coefficient (Wildman–Crippen LogP) is 3.32. The van der Waals surface area contributed by atoms with Crippen LogP contribution in [0.5, 0.6) is 0 Å². The number of carbonyl (C=O) groups is 2. The fraction of sp³-hybridized carbons (Fsp3) is 0.429. The van der Waals surface area contributed by atoms with Gasteiger partial charge in [0.2, 0.25) is 5.78 Å². The van der Waals surface area contributed by atoms with Crippen LogP contribution in [0.4, 0.5) is 4.39 Å². The van der Waals surface area contributed by atoms with Gasteiger partial charge in [-0.25, -0.2) is 9.18 Å². The number of halogens is 1.